The van der Waals surface area contributed by atoms with Gasteiger partial charge in [-0.25, -0.2) is 13.1 Å². The molecule has 0 saturated carbocycles. The highest BCUT2D eigenvalue weighted by Crippen LogP contribution is 2.27. The molecule has 0 bridgehead atoms. The third-order valence-electron chi connectivity index (χ3n) is 5.12. The summed E-state index contributed by atoms with van der Waals surface area (Å²) in [4.78, 5) is 29.2. The lowest BCUT2D eigenvalue weighted by atomic mass is 10.1. The third-order valence-corrected chi connectivity index (χ3v) is 7.48. The zero-order valence-electron chi connectivity index (χ0n) is 17.2. The topological polar surface area (TPSA) is 86.8 Å². The molecule has 2 aromatic rings. The molecular formula is C21H23Cl2N3O4S. The van der Waals surface area contributed by atoms with Gasteiger partial charge in [-0.15, -0.1) is 0 Å². The van der Waals surface area contributed by atoms with Crippen LogP contribution in [0.5, 0.6) is 0 Å². The molecule has 1 fully saturated rings. The Kier molecular flexibility index (Phi) is 7.26. The monoisotopic (exact) mass is 483 g/mol. The van der Waals surface area contributed by atoms with E-state index in [0.29, 0.717) is 47.9 Å². The van der Waals surface area contributed by atoms with Crippen molar-refractivity contribution in [1.29, 1.82) is 0 Å². The average molecular weight is 484 g/mol. The highest BCUT2D eigenvalue weighted by Gasteiger charge is 2.28. The molecule has 10 heteroatoms. The van der Waals surface area contributed by atoms with Gasteiger partial charge in [-0.2, -0.15) is 0 Å². The van der Waals surface area contributed by atoms with Crippen LogP contribution < -0.4 is 4.72 Å². The number of sulfonamides is 1. The number of carbonyl (C=O) groups is 2. The van der Waals surface area contributed by atoms with Crippen LogP contribution in [0.15, 0.2) is 41.3 Å². The lowest BCUT2D eigenvalue weighted by molar-refractivity contribution is 0.0535. The summed E-state index contributed by atoms with van der Waals surface area (Å²) in [5.41, 5.74) is 1.34. The van der Waals surface area contributed by atoms with Crippen molar-refractivity contribution in [2.75, 3.05) is 32.7 Å². The minimum Gasteiger partial charge on any atom is -0.335 e. The molecule has 0 atom stereocenters. The summed E-state index contributed by atoms with van der Waals surface area (Å²) in [5, 5.41) is 0.520. The minimum absolute atomic E-state index is 0.0488. The quantitative estimate of drug-likeness (QED) is 0.707. The van der Waals surface area contributed by atoms with E-state index in [0.717, 1.165) is 0 Å². The molecule has 1 saturated heterocycles. The summed E-state index contributed by atoms with van der Waals surface area (Å²) in [5.74, 6) is -0.506. The average Bonchev–Trinajstić information content (AvgIpc) is 2.75. The molecule has 3 rings (SSSR count). The van der Waals surface area contributed by atoms with Gasteiger partial charge in [0.25, 0.3) is 11.8 Å². The fraction of sp³-hybridized carbons (Fsp3) is 0.333. The van der Waals surface area contributed by atoms with Crippen molar-refractivity contribution in [1.82, 2.24) is 14.5 Å². The van der Waals surface area contributed by atoms with Gasteiger partial charge in [-0.05, 0) is 36.8 Å². The predicted molar refractivity (Wildman–Crippen MR) is 120 cm³/mol. The summed E-state index contributed by atoms with van der Waals surface area (Å²) in [6.45, 7) is 5.03. The number of carbonyl (C=O) groups excluding carboxylic acids is 2. The van der Waals surface area contributed by atoms with Crippen molar-refractivity contribution in [3.8, 4) is 0 Å². The van der Waals surface area contributed by atoms with E-state index in [1.54, 1.807) is 47.9 Å². The van der Waals surface area contributed by atoms with Crippen LogP contribution in [0, 0.1) is 6.92 Å². The first-order valence-electron chi connectivity index (χ1n) is 9.78. The molecule has 31 heavy (non-hydrogen) atoms. The highest BCUT2D eigenvalue weighted by atomic mass is 35.5. The lowest BCUT2D eigenvalue weighted by Gasteiger charge is -2.35. The van der Waals surface area contributed by atoms with Gasteiger partial charge < -0.3 is 9.80 Å². The number of rotatable bonds is 5. The molecule has 1 aliphatic heterocycles. The molecule has 166 valence electrons. The van der Waals surface area contributed by atoms with E-state index in [9.17, 15) is 18.0 Å². The first-order chi connectivity index (χ1) is 14.7. The van der Waals surface area contributed by atoms with E-state index < -0.39 is 10.0 Å². The lowest BCUT2D eigenvalue weighted by Crippen LogP contribution is -2.50. The Labute approximate surface area is 192 Å². The van der Waals surface area contributed by atoms with Crippen LogP contribution in [-0.4, -0.2) is 62.8 Å². The van der Waals surface area contributed by atoms with Gasteiger partial charge >= 0.3 is 0 Å². The molecule has 2 amide bonds. The van der Waals surface area contributed by atoms with E-state index in [2.05, 4.69) is 4.72 Å². The highest BCUT2D eigenvalue weighted by molar-refractivity contribution is 7.89. The second-order valence-corrected chi connectivity index (χ2v) is 9.72. The largest absolute Gasteiger partial charge is 0.335 e. The van der Waals surface area contributed by atoms with Crippen LogP contribution in [0.25, 0.3) is 0 Å². The van der Waals surface area contributed by atoms with E-state index >= 15 is 0 Å². The summed E-state index contributed by atoms with van der Waals surface area (Å²) in [6.07, 6.45) is 0. The smallest absolute Gasteiger partial charge is 0.255 e. The Morgan fingerprint density at radius 1 is 0.968 bits per heavy atom. The summed E-state index contributed by atoms with van der Waals surface area (Å²) >= 11 is 12.2. The Balaban J connectivity index is 1.73. The summed E-state index contributed by atoms with van der Waals surface area (Å²) in [6, 6.07) is 9.41. The van der Waals surface area contributed by atoms with Gasteiger partial charge in [0, 0.05) is 38.3 Å². The molecule has 0 spiro atoms. The van der Waals surface area contributed by atoms with Crippen molar-refractivity contribution in [3.63, 3.8) is 0 Å². The molecule has 1 N–H and O–H groups in total. The van der Waals surface area contributed by atoms with E-state index in [1.165, 1.54) is 12.1 Å². The molecule has 1 heterocycles. The van der Waals surface area contributed by atoms with Crippen LogP contribution in [0.2, 0.25) is 10.0 Å². The predicted octanol–water partition coefficient (Wildman–Crippen LogP) is 3.20. The second kappa shape index (κ2) is 9.56. The fourth-order valence-corrected chi connectivity index (χ4v) is 4.84. The molecule has 0 unspecified atom stereocenters. The van der Waals surface area contributed by atoms with Gasteiger partial charge in [0.15, 0.2) is 0 Å². The van der Waals surface area contributed by atoms with Crippen molar-refractivity contribution in [2.24, 2.45) is 0 Å². The maximum Gasteiger partial charge on any atom is 0.255 e. The third kappa shape index (κ3) is 5.03. The fourth-order valence-electron chi connectivity index (χ4n) is 3.39. The molecule has 7 nitrogen and oxygen atoms in total. The standard InChI is InChI=1S/C21H23Cl2N3O4S/c1-3-24-31(29,30)15-8-7-14(2)17(13-15)21(28)26-11-9-25(10-12-26)20(27)16-5-4-6-18(22)19(16)23/h4-8,13,24H,3,9-12H2,1-2H3. The van der Waals surface area contributed by atoms with Gasteiger partial charge in [0.05, 0.1) is 20.5 Å². The van der Waals surface area contributed by atoms with Crippen molar-refractivity contribution in [2.45, 2.75) is 18.7 Å². The van der Waals surface area contributed by atoms with Crippen molar-refractivity contribution in [3.05, 3.63) is 63.1 Å². The normalized spacial score (nSPS) is 14.6. The maximum atomic E-state index is 13.1. The van der Waals surface area contributed by atoms with E-state index in [4.69, 9.17) is 23.2 Å². The Morgan fingerprint density at radius 2 is 1.55 bits per heavy atom. The van der Waals surface area contributed by atoms with Gasteiger partial charge in [-0.1, -0.05) is 42.3 Å². The summed E-state index contributed by atoms with van der Waals surface area (Å²) < 4.78 is 27.0. The number of nitrogens with one attached hydrogen (secondary N) is 1. The van der Waals surface area contributed by atoms with Gasteiger partial charge in [-0.3, -0.25) is 9.59 Å². The number of aryl methyl sites for hydroxylation is 1. The molecule has 0 radical (unpaired) electrons. The SMILES string of the molecule is CCNS(=O)(=O)c1ccc(C)c(C(=O)N2CCN(C(=O)c3cccc(Cl)c3Cl)CC2)c1. The zero-order valence-corrected chi connectivity index (χ0v) is 19.5. The minimum atomic E-state index is -3.67. The number of hydrogen-bond donors (Lipinski definition) is 1. The van der Waals surface area contributed by atoms with Crippen LogP contribution in [-0.2, 0) is 10.0 Å². The number of nitrogens with zero attached hydrogens (tertiary/aromatic N) is 2. The first-order valence-corrected chi connectivity index (χ1v) is 12.0. The maximum absolute atomic E-state index is 13.1. The van der Waals surface area contributed by atoms with E-state index in [-0.39, 0.29) is 28.3 Å². The van der Waals surface area contributed by atoms with Crippen LogP contribution >= 0.6 is 23.2 Å². The molecular weight excluding hydrogens is 461 g/mol. The molecule has 0 aromatic heterocycles. The van der Waals surface area contributed by atoms with Crippen molar-refractivity contribution >= 4 is 45.0 Å². The summed E-state index contributed by atoms with van der Waals surface area (Å²) in [7, 11) is -3.67. The van der Waals surface area contributed by atoms with Crippen molar-refractivity contribution < 1.29 is 18.0 Å². The first kappa shape index (κ1) is 23.5. The Morgan fingerprint density at radius 3 is 2.13 bits per heavy atom. The number of amides is 2. The molecule has 1 aliphatic rings. The van der Waals surface area contributed by atoms with Gasteiger partial charge in [0.2, 0.25) is 10.0 Å². The Hall–Kier alpha value is -2.13. The van der Waals surface area contributed by atoms with E-state index in [1.807, 2.05) is 0 Å². The van der Waals surface area contributed by atoms with Crippen LogP contribution in [0.4, 0.5) is 0 Å². The molecule has 2 aromatic carbocycles. The van der Waals surface area contributed by atoms with Gasteiger partial charge in [0.1, 0.15) is 0 Å². The molecule has 0 aliphatic carbocycles. The van der Waals surface area contributed by atoms with Crippen LogP contribution in [0.1, 0.15) is 33.2 Å². The number of benzene rings is 2. The zero-order chi connectivity index (χ0) is 22.8. The number of hydrogen-bond acceptors (Lipinski definition) is 4. The number of halogens is 2. The second-order valence-electron chi connectivity index (χ2n) is 7.16. The number of piperazine rings is 1. The van der Waals surface area contributed by atoms with Crippen LogP contribution in [0.3, 0.4) is 0 Å². The Bertz CT molecular complexity index is 1110.